The summed E-state index contributed by atoms with van der Waals surface area (Å²) in [6, 6.07) is 3.53. The number of fused-ring (bicyclic) bond motifs is 3. The van der Waals surface area contributed by atoms with Gasteiger partial charge in [0, 0.05) is 35.0 Å². The average molecular weight is 382 g/mol. The van der Waals surface area contributed by atoms with E-state index in [0.717, 1.165) is 28.9 Å². The highest BCUT2D eigenvalue weighted by Crippen LogP contribution is 2.40. The summed E-state index contributed by atoms with van der Waals surface area (Å²) in [4.78, 5) is 11.4. The summed E-state index contributed by atoms with van der Waals surface area (Å²) in [7, 11) is 0. The van der Waals surface area contributed by atoms with Crippen LogP contribution in [0.4, 0.5) is 17.2 Å². The fourth-order valence-corrected chi connectivity index (χ4v) is 4.66. The number of aromatic nitrogens is 2. The number of anilines is 3. The second-order valence-corrected chi connectivity index (χ2v) is 7.58. The third-order valence-electron chi connectivity index (χ3n) is 4.72. The van der Waals surface area contributed by atoms with Crippen LogP contribution in [-0.2, 0) is 12.8 Å². The van der Waals surface area contributed by atoms with Crippen molar-refractivity contribution < 1.29 is 4.74 Å². The lowest BCUT2D eigenvalue weighted by atomic mass is 9.97. The summed E-state index contributed by atoms with van der Waals surface area (Å²) in [5.41, 5.74) is 14.8. The lowest BCUT2D eigenvalue weighted by molar-refractivity contribution is 0.330. The van der Waals surface area contributed by atoms with Gasteiger partial charge in [-0.2, -0.15) is 0 Å². The zero-order chi connectivity index (χ0) is 18.8. The first-order chi connectivity index (χ1) is 13.2. The normalized spacial score (nSPS) is 13.4. The Bertz CT molecular complexity index is 1000. The molecule has 1 aliphatic carbocycles. The first kappa shape index (κ1) is 17.7. The summed E-state index contributed by atoms with van der Waals surface area (Å²) >= 11 is 1.76. The molecular weight excluding hydrogens is 360 g/mol. The maximum Gasteiger partial charge on any atom is 0.144 e. The van der Waals surface area contributed by atoms with Gasteiger partial charge in [0.05, 0.1) is 11.1 Å². The molecule has 8 heteroatoms. The number of nitrogen functional groups attached to an aromatic ring is 1. The molecule has 0 spiro atoms. The zero-order valence-corrected chi connectivity index (χ0v) is 15.7. The monoisotopic (exact) mass is 382 g/mol. The van der Waals surface area contributed by atoms with Crippen molar-refractivity contribution in [1.82, 2.24) is 9.97 Å². The lowest BCUT2D eigenvalue weighted by Gasteiger charge is -2.16. The molecule has 0 aliphatic heterocycles. The van der Waals surface area contributed by atoms with Crippen molar-refractivity contribution in [1.29, 1.82) is 5.41 Å². The van der Waals surface area contributed by atoms with Crippen LogP contribution in [0, 0.1) is 5.41 Å². The minimum atomic E-state index is 0.380. The van der Waals surface area contributed by atoms with Gasteiger partial charge in [0.2, 0.25) is 0 Å². The molecule has 0 saturated heterocycles. The van der Waals surface area contributed by atoms with E-state index in [-0.39, 0.29) is 0 Å². The molecule has 1 aromatic carbocycles. The molecule has 0 unspecified atom stereocenters. The summed E-state index contributed by atoms with van der Waals surface area (Å²) in [6.07, 6.45) is 7.41. The van der Waals surface area contributed by atoms with Crippen LogP contribution in [0.1, 0.15) is 28.8 Å². The van der Waals surface area contributed by atoms with Crippen LogP contribution in [0.25, 0.3) is 10.2 Å². The second kappa shape index (κ2) is 7.50. The minimum absolute atomic E-state index is 0.380. The molecule has 0 radical (unpaired) electrons. The Hall–Kier alpha value is -2.71. The van der Waals surface area contributed by atoms with Crippen LogP contribution in [-0.4, -0.2) is 29.3 Å². The zero-order valence-electron chi connectivity index (χ0n) is 14.9. The van der Waals surface area contributed by atoms with Crippen molar-refractivity contribution in [2.75, 3.05) is 24.2 Å². The maximum atomic E-state index is 7.58. The topological polar surface area (TPSA) is 123 Å². The van der Waals surface area contributed by atoms with Crippen LogP contribution in [0.2, 0.25) is 0 Å². The van der Waals surface area contributed by atoms with Crippen LogP contribution in [0.5, 0.6) is 5.75 Å². The van der Waals surface area contributed by atoms with Gasteiger partial charge < -0.3 is 26.9 Å². The van der Waals surface area contributed by atoms with E-state index >= 15 is 0 Å². The van der Waals surface area contributed by atoms with Crippen molar-refractivity contribution >= 4 is 45.0 Å². The number of nitrogens with two attached hydrogens (primary N) is 2. The summed E-state index contributed by atoms with van der Waals surface area (Å²) in [6.45, 7) is 0.784. The van der Waals surface area contributed by atoms with E-state index in [4.69, 9.17) is 21.6 Å². The van der Waals surface area contributed by atoms with Gasteiger partial charge in [-0.05, 0) is 37.3 Å². The smallest absolute Gasteiger partial charge is 0.144 e. The molecule has 0 saturated carbocycles. The summed E-state index contributed by atoms with van der Waals surface area (Å²) in [5, 5.41) is 12.1. The van der Waals surface area contributed by atoms with Gasteiger partial charge in [0.25, 0.3) is 0 Å². The van der Waals surface area contributed by atoms with Gasteiger partial charge >= 0.3 is 0 Å². The van der Waals surface area contributed by atoms with Gasteiger partial charge in [0.15, 0.2) is 0 Å². The Kier molecular flexibility index (Phi) is 4.91. The molecule has 27 heavy (non-hydrogen) atoms. The number of benzene rings is 1. The number of hydrogen-bond donors (Lipinski definition) is 4. The fourth-order valence-electron chi connectivity index (χ4n) is 3.44. The molecule has 0 bridgehead atoms. The highest BCUT2D eigenvalue weighted by Gasteiger charge is 2.20. The number of ether oxygens (including phenoxy) is 1. The van der Waals surface area contributed by atoms with E-state index in [0.29, 0.717) is 35.8 Å². The number of rotatable bonds is 6. The molecule has 0 fully saturated rings. The Morgan fingerprint density at radius 1 is 1.26 bits per heavy atom. The number of thiophene rings is 1. The first-order valence-electron chi connectivity index (χ1n) is 9.00. The molecule has 2 heterocycles. The fraction of sp³-hybridized carbons (Fsp3) is 0.316. The molecule has 1 aliphatic rings. The SMILES string of the molecule is N=Cc1cc(Nc2ncnc3sc4c(c23)CCCC4)c(OCCN)cc1N. The quantitative estimate of drug-likeness (QED) is 0.383. The Balaban J connectivity index is 1.80. The van der Waals surface area contributed by atoms with E-state index in [2.05, 4.69) is 15.3 Å². The molecule has 7 nitrogen and oxygen atoms in total. The second-order valence-electron chi connectivity index (χ2n) is 6.50. The molecule has 6 N–H and O–H groups in total. The number of nitrogens with zero attached hydrogens (tertiary/aromatic N) is 2. The molecule has 0 atom stereocenters. The predicted molar refractivity (Wildman–Crippen MR) is 111 cm³/mol. The van der Waals surface area contributed by atoms with E-state index in [1.807, 2.05) is 0 Å². The van der Waals surface area contributed by atoms with Crippen molar-refractivity contribution in [3.63, 3.8) is 0 Å². The molecule has 3 aromatic rings. The van der Waals surface area contributed by atoms with Crippen molar-refractivity contribution in [3.8, 4) is 5.75 Å². The number of aryl methyl sites for hydroxylation is 2. The van der Waals surface area contributed by atoms with E-state index < -0.39 is 0 Å². The predicted octanol–water partition coefficient (Wildman–Crippen LogP) is 3.23. The van der Waals surface area contributed by atoms with Gasteiger partial charge in [0.1, 0.15) is 29.3 Å². The van der Waals surface area contributed by atoms with Crippen LogP contribution in [0.3, 0.4) is 0 Å². The largest absolute Gasteiger partial charge is 0.490 e. The van der Waals surface area contributed by atoms with E-state index in [1.54, 1.807) is 29.8 Å². The highest BCUT2D eigenvalue weighted by molar-refractivity contribution is 7.19. The first-order valence-corrected chi connectivity index (χ1v) is 9.82. The molecular formula is C19H22N6OS. The average Bonchev–Trinajstić information content (AvgIpc) is 3.07. The summed E-state index contributed by atoms with van der Waals surface area (Å²) < 4.78 is 5.76. The number of nitrogens with one attached hydrogen (secondary N) is 2. The Morgan fingerprint density at radius 2 is 2.11 bits per heavy atom. The molecule has 140 valence electrons. The van der Waals surface area contributed by atoms with Gasteiger partial charge in [-0.25, -0.2) is 9.97 Å². The van der Waals surface area contributed by atoms with Crippen LogP contribution < -0.4 is 21.5 Å². The molecule has 0 amide bonds. The third-order valence-corrected chi connectivity index (χ3v) is 5.92. The third kappa shape index (κ3) is 3.33. The van der Waals surface area contributed by atoms with E-state index in [9.17, 15) is 0 Å². The highest BCUT2D eigenvalue weighted by atomic mass is 32.1. The van der Waals surface area contributed by atoms with Gasteiger partial charge in [-0.15, -0.1) is 11.3 Å². The van der Waals surface area contributed by atoms with Crippen molar-refractivity contribution in [3.05, 3.63) is 34.5 Å². The van der Waals surface area contributed by atoms with Gasteiger partial charge in [-0.1, -0.05) is 0 Å². The lowest BCUT2D eigenvalue weighted by Crippen LogP contribution is -2.12. The van der Waals surface area contributed by atoms with Crippen LogP contribution in [0.15, 0.2) is 18.5 Å². The minimum Gasteiger partial charge on any atom is -0.490 e. The Labute approximate surface area is 161 Å². The van der Waals surface area contributed by atoms with Crippen molar-refractivity contribution in [2.45, 2.75) is 25.7 Å². The molecule has 2 aromatic heterocycles. The standard InChI is InChI=1S/C19H22N6OS/c20-5-6-26-15-8-13(22)11(9-21)7-14(15)25-18-17-12-3-1-2-4-16(12)27-19(17)24-10-23-18/h7-10,21H,1-6,20,22H2,(H,23,24,25). The molecule has 4 rings (SSSR count). The Morgan fingerprint density at radius 3 is 2.93 bits per heavy atom. The number of hydrogen-bond acceptors (Lipinski definition) is 8. The van der Waals surface area contributed by atoms with Crippen LogP contribution >= 0.6 is 11.3 Å². The van der Waals surface area contributed by atoms with Gasteiger partial charge in [-0.3, -0.25) is 0 Å². The van der Waals surface area contributed by atoms with E-state index in [1.165, 1.54) is 29.5 Å². The maximum absolute atomic E-state index is 7.58. The summed E-state index contributed by atoms with van der Waals surface area (Å²) in [5.74, 6) is 1.36. The van der Waals surface area contributed by atoms with Crippen molar-refractivity contribution in [2.24, 2.45) is 5.73 Å².